The molecule has 3 aromatic rings. The van der Waals surface area contributed by atoms with Crippen LogP contribution in [0.4, 0.5) is 5.69 Å². The molecule has 1 unspecified atom stereocenters. The predicted octanol–water partition coefficient (Wildman–Crippen LogP) is 4.59. The minimum atomic E-state index is 0.0504. The molecule has 0 radical (unpaired) electrons. The molecule has 1 aliphatic heterocycles. The Kier molecular flexibility index (Phi) is 7.67. The van der Waals surface area contributed by atoms with Crippen molar-refractivity contribution in [3.05, 3.63) is 54.1 Å². The van der Waals surface area contributed by atoms with E-state index in [2.05, 4.69) is 14.8 Å². The lowest BCUT2D eigenvalue weighted by atomic mass is 10.2. The first-order chi connectivity index (χ1) is 16.1. The highest BCUT2D eigenvalue weighted by molar-refractivity contribution is 7.99. The molecular formula is C25H30N4O3S. The smallest absolute Gasteiger partial charge is 0.237 e. The van der Waals surface area contributed by atoms with Crippen molar-refractivity contribution in [2.45, 2.75) is 44.5 Å². The second-order valence-corrected chi connectivity index (χ2v) is 8.94. The molecule has 33 heavy (non-hydrogen) atoms. The van der Waals surface area contributed by atoms with Gasteiger partial charge in [0, 0.05) is 24.4 Å². The summed E-state index contributed by atoms with van der Waals surface area (Å²) < 4.78 is 13.2. The van der Waals surface area contributed by atoms with Crippen molar-refractivity contribution < 1.29 is 14.3 Å². The molecule has 4 rings (SSSR count). The minimum absolute atomic E-state index is 0.0504. The van der Waals surface area contributed by atoms with Gasteiger partial charge in [0.25, 0.3) is 0 Å². The summed E-state index contributed by atoms with van der Waals surface area (Å²) in [6.07, 6.45) is 2.21. The van der Waals surface area contributed by atoms with Crippen LogP contribution in [-0.4, -0.2) is 52.8 Å². The van der Waals surface area contributed by atoms with Crippen LogP contribution >= 0.6 is 11.8 Å². The van der Waals surface area contributed by atoms with Crippen molar-refractivity contribution in [2.75, 3.05) is 30.9 Å². The molecule has 174 valence electrons. The van der Waals surface area contributed by atoms with Crippen LogP contribution in [-0.2, 0) is 16.1 Å². The molecule has 0 N–H and O–H groups in total. The van der Waals surface area contributed by atoms with Crippen LogP contribution in [0, 0.1) is 6.92 Å². The lowest BCUT2D eigenvalue weighted by molar-refractivity contribution is -0.116. The molecule has 7 nitrogen and oxygen atoms in total. The third-order valence-electron chi connectivity index (χ3n) is 5.82. The fraction of sp³-hybridized carbons (Fsp3) is 0.400. The second-order valence-electron chi connectivity index (χ2n) is 7.99. The number of amides is 1. The van der Waals surface area contributed by atoms with Gasteiger partial charge >= 0.3 is 0 Å². The number of aryl methyl sites for hydroxylation is 1. The number of rotatable bonds is 9. The van der Waals surface area contributed by atoms with Crippen molar-refractivity contribution >= 4 is 23.4 Å². The number of carbonyl (C=O) groups is 1. The van der Waals surface area contributed by atoms with Gasteiger partial charge in [0.1, 0.15) is 5.75 Å². The Labute approximate surface area is 199 Å². The molecule has 2 heterocycles. The molecular weight excluding hydrogens is 436 g/mol. The van der Waals surface area contributed by atoms with E-state index in [1.54, 1.807) is 7.11 Å². The van der Waals surface area contributed by atoms with E-state index in [9.17, 15) is 4.79 Å². The summed E-state index contributed by atoms with van der Waals surface area (Å²) in [5.41, 5.74) is 2.99. The topological polar surface area (TPSA) is 69.5 Å². The van der Waals surface area contributed by atoms with Gasteiger partial charge in [-0.05, 0) is 62.6 Å². The first-order valence-electron chi connectivity index (χ1n) is 11.3. The van der Waals surface area contributed by atoms with E-state index in [1.165, 1.54) is 11.8 Å². The van der Waals surface area contributed by atoms with Gasteiger partial charge in [-0.2, -0.15) is 0 Å². The van der Waals surface area contributed by atoms with Crippen LogP contribution in [0.25, 0.3) is 11.4 Å². The monoisotopic (exact) mass is 466 g/mol. The number of methoxy groups -OCH3 is 1. The summed E-state index contributed by atoms with van der Waals surface area (Å²) in [6, 6.07) is 15.7. The summed E-state index contributed by atoms with van der Waals surface area (Å²) >= 11 is 1.42. The Hall–Kier alpha value is -2.84. The highest BCUT2D eigenvalue weighted by atomic mass is 32.2. The summed E-state index contributed by atoms with van der Waals surface area (Å²) in [6.45, 7) is 6.09. The molecule has 0 aliphatic carbocycles. The van der Waals surface area contributed by atoms with Gasteiger partial charge in [-0.25, -0.2) is 0 Å². The van der Waals surface area contributed by atoms with Crippen LogP contribution < -0.4 is 9.64 Å². The van der Waals surface area contributed by atoms with E-state index in [1.807, 2.05) is 67.3 Å². The lowest BCUT2D eigenvalue weighted by Gasteiger charge is -2.23. The van der Waals surface area contributed by atoms with Gasteiger partial charge in [0.2, 0.25) is 5.91 Å². The highest BCUT2D eigenvalue weighted by Crippen LogP contribution is 2.28. The number of anilines is 1. The summed E-state index contributed by atoms with van der Waals surface area (Å²) in [5.74, 6) is 1.90. The number of nitrogens with zero attached hydrogens (tertiary/aromatic N) is 4. The fourth-order valence-corrected chi connectivity index (χ4v) is 4.88. The molecule has 2 aromatic carbocycles. The zero-order chi connectivity index (χ0) is 23.2. The third kappa shape index (κ3) is 5.39. The average Bonchev–Trinajstić information content (AvgIpc) is 3.50. The fourth-order valence-electron chi connectivity index (χ4n) is 4.06. The Bertz CT molecular complexity index is 1080. The van der Waals surface area contributed by atoms with Crippen LogP contribution in [0.2, 0.25) is 0 Å². The Morgan fingerprint density at radius 3 is 2.67 bits per heavy atom. The maximum atomic E-state index is 13.1. The summed E-state index contributed by atoms with van der Waals surface area (Å²) in [5, 5.41) is 9.64. The highest BCUT2D eigenvalue weighted by Gasteiger charge is 2.23. The maximum absolute atomic E-state index is 13.1. The van der Waals surface area contributed by atoms with E-state index in [0.717, 1.165) is 53.0 Å². The number of ether oxygens (including phenoxy) is 2. The van der Waals surface area contributed by atoms with Gasteiger partial charge in [-0.15, -0.1) is 10.2 Å². The van der Waals surface area contributed by atoms with Crippen molar-refractivity contribution in [1.82, 2.24) is 14.8 Å². The molecule has 1 amide bonds. The standard InChI is InChI=1S/C25H30N4O3S/c1-4-28(22-10-6-5-8-18(22)2)23(30)17-33-25-27-26-24(19-11-13-20(31-3)14-12-19)29(25)16-21-9-7-15-32-21/h5-6,8,10-14,21H,4,7,9,15-17H2,1-3H3. The number of carbonyl (C=O) groups excluding carboxylic acids is 1. The van der Waals surface area contributed by atoms with Gasteiger partial charge in [0.05, 0.1) is 25.5 Å². The zero-order valence-electron chi connectivity index (χ0n) is 19.4. The zero-order valence-corrected chi connectivity index (χ0v) is 20.2. The molecule has 1 saturated heterocycles. The van der Waals surface area contributed by atoms with E-state index < -0.39 is 0 Å². The number of hydrogen-bond donors (Lipinski definition) is 0. The quantitative estimate of drug-likeness (QED) is 0.430. The average molecular weight is 467 g/mol. The largest absolute Gasteiger partial charge is 0.497 e. The molecule has 0 bridgehead atoms. The Morgan fingerprint density at radius 2 is 2.00 bits per heavy atom. The van der Waals surface area contributed by atoms with Crippen molar-refractivity contribution in [2.24, 2.45) is 0 Å². The van der Waals surface area contributed by atoms with Crippen LogP contribution in [0.5, 0.6) is 5.75 Å². The number of aromatic nitrogens is 3. The number of thioether (sulfide) groups is 1. The molecule has 1 aromatic heterocycles. The van der Waals surface area contributed by atoms with Gasteiger partial charge in [-0.3, -0.25) is 9.36 Å². The van der Waals surface area contributed by atoms with Crippen LogP contribution in [0.1, 0.15) is 25.3 Å². The SMILES string of the molecule is CCN(C(=O)CSc1nnc(-c2ccc(OC)cc2)n1CC1CCCO1)c1ccccc1C. The van der Waals surface area contributed by atoms with Gasteiger partial charge in [-0.1, -0.05) is 30.0 Å². The predicted molar refractivity (Wildman–Crippen MR) is 131 cm³/mol. The van der Waals surface area contributed by atoms with Crippen molar-refractivity contribution in [3.63, 3.8) is 0 Å². The van der Waals surface area contributed by atoms with E-state index in [0.29, 0.717) is 13.1 Å². The first-order valence-corrected chi connectivity index (χ1v) is 12.3. The Morgan fingerprint density at radius 1 is 1.21 bits per heavy atom. The van der Waals surface area contributed by atoms with Crippen LogP contribution in [0.15, 0.2) is 53.7 Å². The third-order valence-corrected chi connectivity index (χ3v) is 6.78. The Balaban J connectivity index is 1.55. The van der Waals surface area contributed by atoms with E-state index in [-0.39, 0.29) is 17.8 Å². The molecule has 0 saturated carbocycles. The van der Waals surface area contributed by atoms with Crippen molar-refractivity contribution in [1.29, 1.82) is 0 Å². The molecule has 8 heteroatoms. The number of para-hydroxylation sites is 1. The second kappa shape index (κ2) is 10.9. The number of hydrogen-bond acceptors (Lipinski definition) is 6. The summed E-state index contributed by atoms with van der Waals surface area (Å²) in [4.78, 5) is 14.9. The molecule has 0 spiro atoms. The molecule has 1 aliphatic rings. The molecule has 1 atom stereocenters. The van der Waals surface area contributed by atoms with E-state index in [4.69, 9.17) is 9.47 Å². The molecule has 1 fully saturated rings. The number of benzene rings is 2. The van der Waals surface area contributed by atoms with Crippen molar-refractivity contribution in [3.8, 4) is 17.1 Å². The van der Waals surface area contributed by atoms with E-state index >= 15 is 0 Å². The maximum Gasteiger partial charge on any atom is 0.237 e. The van der Waals surface area contributed by atoms with Crippen LogP contribution in [0.3, 0.4) is 0 Å². The van der Waals surface area contributed by atoms with Gasteiger partial charge in [0.15, 0.2) is 11.0 Å². The minimum Gasteiger partial charge on any atom is -0.497 e. The first kappa shape index (κ1) is 23.3. The normalized spacial score (nSPS) is 15.5. The summed E-state index contributed by atoms with van der Waals surface area (Å²) in [7, 11) is 1.65. The lowest BCUT2D eigenvalue weighted by Crippen LogP contribution is -2.32. The van der Waals surface area contributed by atoms with Gasteiger partial charge < -0.3 is 14.4 Å².